The van der Waals surface area contributed by atoms with Crippen molar-refractivity contribution in [1.29, 1.82) is 0 Å². The van der Waals surface area contributed by atoms with E-state index in [0.29, 0.717) is 11.4 Å². The molecule has 1 aliphatic heterocycles. The van der Waals surface area contributed by atoms with Gasteiger partial charge in [0, 0.05) is 9.86 Å². The number of amides is 1. The first-order valence-corrected chi connectivity index (χ1v) is 6.54. The van der Waals surface area contributed by atoms with E-state index in [1.807, 2.05) is 32.0 Å². The van der Waals surface area contributed by atoms with Crippen molar-refractivity contribution in [3.05, 3.63) is 28.9 Å². The summed E-state index contributed by atoms with van der Waals surface area (Å²) in [6, 6.07) is 5.75. The molecule has 5 heteroatoms. The number of anilines is 1. The lowest BCUT2D eigenvalue weighted by Crippen LogP contribution is -2.25. The van der Waals surface area contributed by atoms with Gasteiger partial charge in [-0.25, -0.2) is 0 Å². The van der Waals surface area contributed by atoms with Crippen LogP contribution in [0, 0.1) is 0 Å². The standard InChI is InChI=1S/C11H7BrN2O2.C2H6/c12-6-1-2-8-7(3-6)11-9(4-13-8)14-10(15)5-16-11;1-2/h1-4H,5H2,(H,14,15);1-2H3. The number of ether oxygens (including phenoxy) is 1. The van der Waals surface area contributed by atoms with Crippen LogP contribution in [0.3, 0.4) is 0 Å². The SMILES string of the molecule is CC.O=C1COc2c(cnc3ccc(Br)cc23)N1. The lowest BCUT2D eigenvalue weighted by Gasteiger charge is -2.18. The molecule has 0 radical (unpaired) electrons. The summed E-state index contributed by atoms with van der Waals surface area (Å²) in [6.45, 7) is 4.05. The van der Waals surface area contributed by atoms with E-state index in [0.717, 1.165) is 15.4 Å². The molecule has 0 fully saturated rings. The van der Waals surface area contributed by atoms with Gasteiger partial charge in [-0.05, 0) is 18.2 Å². The van der Waals surface area contributed by atoms with Crippen LogP contribution in [0.25, 0.3) is 10.9 Å². The van der Waals surface area contributed by atoms with Crippen molar-refractivity contribution < 1.29 is 9.53 Å². The number of benzene rings is 1. The third-order valence-electron chi connectivity index (χ3n) is 2.40. The zero-order valence-corrected chi connectivity index (χ0v) is 11.7. The molecule has 2 aromatic rings. The molecule has 1 aromatic heterocycles. The number of hydrogen-bond acceptors (Lipinski definition) is 3. The fourth-order valence-corrected chi connectivity index (χ4v) is 2.07. The van der Waals surface area contributed by atoms with Gasteiger partial charge in [-0.3, -0.25) is 9.78 Å². The van der Waals surface area contributed by atoms with Crippen LogP contribution in [0.5, 0.6) is 5.75 Å². The van der Waals surface area contributed by atoms with Gasteiger partial charge in [-0.2, -0.15) is 0 Å². The Morgan fingerprint density at radius 3 is 2.94 bits per heavy atom. The fraction of sp³-hybridized carbons (Fsp3) is 0.231. The Hall–Kier alpha value is -1.62. The summed E-state index contributed by atoms with van der Waals surface area (Å²) in [5, 5.41) is 3.62. The first-order chi connectivity index (χ1) is 8.74. The van der Waals surface area contributed by atoms with Gasteiger partial charge in [0.1, 0.15) is 5.69 Å². The predicted octanol–water partition coefficient (Wildman–Crippen LogP) is 3.35. The molecule has 94 valence electrons. The highest BCUT2D eigenvalue weighted by molar-refractivity contribution is 9.10. The van der Waals surface area contributed by atoms with Crippen molar-refractivity contribution in [3.8, 4) is 5.75 Å². The van der Waals surface area contributed by atoms with Crippen molar-refractivity contribution in [2.24, 2.45) is 0 Å². The summed E-state index contributed by atoms with van der Waals surface area (Å²) >= 11 is 3.40. The largest absolute Gasteiger partial charge is 0.481 e. The van der Waals surface area contributed by atoms with Crippen LogP contribution >= 0.6 is 15.9 Å². The minimum absolute atomic E-state index is 0.0542. The average molecular weight is 309 g/mol. The van der Waals surface area contributed by atoms with E-state index in [4.69, 9.17) is 4.74 Å². The number of nitrogens with zero attached hydrogens (tertiary/aromatic N) is 1. The van der Waals surface area contributed by atoms with Crippen LogP contribution in [0.1, 0.15) is 13.8 Å². The highest BCUT2D eigenvalue weighted by Gasteiger charge is 2.18. The van der Waals surface area contributed by atoms with E-state index >= 15 is 0 Å². The topological polar surface area (TPSA) is 51.2 Å². The number of halogens is 1. The van der Waals surface area contributed by atoms with Gasteiger partial charge in [0.15, 0.2) is 12.4 Å². The molecule has 0 aliphatic carbocycles. The van der Waals surface area contributed by atoms with Crippen molar-refractivity contribution in [2.45, 2.75) is 13.8 Å². The molecule has 0 bridgehead atoms. The number of aromatic nitrogens is 1. The van der Waals surface area contributed by atoms with Crippen molar-refractivity contribution in [2.75, 3.05) is 11.9 Å². The molecule has 0 saturated carbocycles. The Kier molecular flexibility index (Phi) is 3.81. The number of fused-ring (bicyclic) bond motifs is 3. The second-order valence-corrected chi connectivity index (χ2v) is 4.41. The van der Waals surface area contributed by atoms with Crippen LogP contribution < -0.4 is 10.1 Å². The number of nitrogens with one attached hydrogen (secondary N) is 1. The molecule has 0 saturated heterocycles. The number of carbonyl (C=O) groups is 1. The molecule has 18 heavy (non-hydrogen) atoms. The molecule has 2 heterocycles. The maximum Gasteiger partial charge on any atom is 0.262 e. The molecular formula is C13H13BrN2O2. The zero-order chi connectivity index (χ0) is 13.1. The monoisotopic (exact) mass is 308 g/mol. The lowest BCUT2D eigenvalue weighted by molar-refractivity contribution is -0.118. The molecule has 1 aliphatic rings. The van der Waals surface area contributed by atoms with Gasteiger partial charge < -0.3 is 10.1 Å². The molecule has 0 unspecified atom stereocenters. The summed E-state index contributed by atoms with van der Waals surface area (Å²) in [5.41, 5.74) is 1.47. The highest BCUT2D eigenvalue weighted by atomic mass is 79.9. The minimum atomic E-state index is -0.149. The average Bonchev–Trinajstić information content (AvgIpc) is 2.40. The summed E-state index contributed by atoms with van der Waals surface area (Å²) in [5.74, 6) is 0.537. The van der Waals surface area contributed by atoms with Crippen LogP contribution in [0.15, 0.2) is 28.9 Å². The van der Waals surface area contributed by atoms with E-state index in [9.17, 15) is 4.79 Å². The van der Waals surface area contributed by atoms with Crippen LogP contribution in [0.2, 0.25) is 0 Å². The Labute approximate surface area is 113 Å². The fourth-order valence-electron chi connectivity index (χ4n) is 1.71. The number of carbonyl (C=O) groups excluding carboxylic acids is 1. The van der Waals surface area contributed by atoms with Crippen LogP contribution in [-0.4, -0.2) is 17.5 Å². The van der Waals surface area contributed by atoms with Gasteiger partial charge in [0.2, 0.25) is 0 Å². The quantitative estimate of drug-likeness (QED) is 0.812. The second kappa shape index (κ2) is 5.35. The Balaban J connectivity index is 0.000000574. The number of hydrogen-bond donors (Lipinski definition) is 1. The molecule has 1 amide bonds. The summed E-state index contributed by atoms with van der Waals surface area (Å²) < 4.78 is 6.39. The predicted molar refractivity (Wildman–Crippen MR) is 74.9 cm³/mol. The summed E-state index contributed by atoms with van der Waals surface area (Å²) in [6.07, 6.45) is 1.61. The molecule has 1 N–H and O–H groups in total. The minimum Gasteiger partial charge on any atom is -0.481 e. The Bertz CT molecular complexity index is 599. The maximum atomic E-state index is 11.2. The van der Waals surface area contributed by atoms with Crippen molar-refractivity contribution >= 4 is 38.4 Å². The molecular weight excluding hydrogens is 296 g/mol. The first kappa shape index (κ1) is 12.8. The second-order valence-electron chi connectivity index (χ2n) is 3.50. The lowest BCUT2D eigenvalue weighted by atomic mass is 10.2. The van der Waals surface area contributed by atoms with E-state index in [-0.39, 0.29) is 12.5 Å². The first-order valence-electron chi connectivity index (χ1n) is 5.75. The third-order valence-corrected chi connectivity index (χ3v) is 2.90. The van der Waals surface area contributed by atoms with Gasteiger partial charge in [0.05, 0.1) is 11.7 Å². The molecule has 0 spiro atoms. The molecule has 3 rings (SSSR count). The van der Waals surface area contributed by atoms with E-state index < -0.39 is 0 Å². The third kappa shape index (κ3) is 2.31. The number of rotatable bonds is 0. The van der Waals surface area contributed by atoms with Gasteiger partial charge >= 0.3 is 0 Å². The summed E-state index contributed by atoms with van der Waals surface area (Å²) in [7, 11) is 0. The van der Waals surface area contributed by atoms with Crippen LogP contribution in [-0.2, 0) is 4.79 Å². The highest BCUT2D eigenvalue weighted by Crippen LogP contribution is 2.35. The smallest absolute Gasteiger partial charge is 0.262 e. The van der Waals surface area contributed by atoms with Gasteiger partial charge in [-0.1, -0.05) is 29.8 Å². The van der Waals surface area contributed by atoms with Crippen molar-refractivity contribution in [3.63, 3.8) is 0 Å². The van der Waals surface area contributed by atoms with E-state index in [1.54, 1.807) is 6.20 Å². The maximum absolute atomic E-state index is 11.2. The summed E-state index contributed by atoms with van der Waals surface area (Å²) in [4.78, 5) is 15.4. The van der Waals surface area contributed by atoms with Gasteiger partial charge in [-0.15, -0.1) is 0 Å². The van der Waals surface area contributed by atoms with Gasteiger partial charge in [0.25, 0.3) is 5.91 Å². The van der Waals surface area contributed by atoms with Crippen LogP contribution in [0.4, 0.5) is 5.69 Å². The van der Waals surface area contributed by atoms with Crippen molar-refractivity contribution in [1.82, 2.24) is 4.98 Å². The Morgan fingerprint density at radius 2 is 2.17 bits per heavy atom. The molecule has 0 atom stereocenters. The molecule has 4 nitrogen and oxygen atoms in total. The normalized spacial score (nSPS) is 12.9. The molecule has 1 aromatic carbocycles. The van der Waals surface area contributed by atoms with E-state index in [1.165, 1.54) is 0 Å². The number of pyridine rings is 1. The zero-order valence-electron chi connectivity index (χ0n) is 10.2. The Morgan fingerprint density at radius 1 is 1.39 bits per heavy atom. The van der Waals surface area contributed by atoms with E-state index in [2.05, 4.69) is 26.2 Å².